The fourth-order valence-corrected chi connectivity index (χ4v) is 3.20. The van der Waals surface area contributed by atoms with Gasteiger partial charge in [-0.15, -0.1) is 0 Å². The molecule has 0 saturated carbocycles. The van der Waals surface area contributed by atoms with Gasteiger partial charge in [-0.05, 0) is 50.7 Å². The molecule has 0 unspecified atom stereocenters. The topological polar surface area (TPSA) is 3.24 Å². The van der Waals surface area contributed by atoms with Crippen molar-refractivity contribution < 1.29 is 0 Å². The van der Waals surface area contributed by atoms with Crippen molar-refractivity contribution in [2.45, 2.75) is 58.3 Å². The van der Waals surface area contributed by atoms with Gasteiger partial charge in [0.2, 0.25) is 0 Å². The van der Waals surface area contributed by atoms with Gasteiger partial charge in [-0.25, -0.2) is 0 Å². The first-order valence-electron chi connectivity index (χ1n) is 6.57. The molecule has 1 heteroatoms. The molecule has 2 bridgehead atoms. The van der Waals surface area contributed by atoms with Gasteiger partial charge in [0.25, 0.3) is 0 Å². The van der Waals surface area contributed by atoms with Crippen molar-refractivity contribution in [2.24, 2.45) is 5.41 Å². The van der Waals surface area contributed by atoms with Crippen molar-refractivity contribution >= 4 is 0 Å². The minimum Gasteiger partial charge on any atom is -0.303 e. The predicted octanol–water partition coefficient (Wildman–Crippen LogP) is 3.44. The Morgan fingerprint density at radius 2 is 1.57 bits per heavy atom. The second kappa shape index (κ2) is 4.65. The van der Waals surface area contributed by atoms with E-state index in [1.54, 1.807) is 0 Å². The van der Waals surface area contributed by atoms with Crippen LogP contribution in [-0.2, 0) is 0 Å². The molecule has 1 nitrogen and oxygen atoms in total. The van der Waals surface area contributed by atoms with Crippen molar-refractivity contribution in [3.8, 4) is 0 Å². The molecule has 0 N–H and O–H groups in total. The molecule has 3 aliphatic rings. The largest absolute Gasteiger partial charge is 0.303 e. The Morgan fingerprint density at radius 3 is 2.14 bits per heavy atom. The predicted molar refractivity (Wildman–Crippen MR) is 61.5 cm³/mol. The summed E-state index contributed by atoms with van der Waals surface area (Å²) >= 11 is 0. The number of hydrogen-bond donors (Lipinski definition) is 0. The Balaban J connectivity index is 1.72. The molecule has 3 saturated heterocycles. The molecule has 0 aliphatic carbocycles. The third kappa shape index (κ3) is 2.31. The summed E-state index contributed by atoms with van der Waals surface area (Å²) in [7, 11) is 0. The molecule has 0 amide bonds. The smallest absolute Gasteiger partial charge is 0.00134 e. The zero-order valence-electron chi connectivity index (χ0n) is 9.73. The molecule has 3 rings (SSSR count). The minimum absolute atomic E-state index is 0.794. The standard InChI is InChI=1S/C13H25N/c1-2-3-4-5-6-13-7-10-14(11-8-13)12-9-13/h2-12H2,1H3. The monoisotopic (exact) mass is 195 g/mol. The lowest BCUT2D eigenvalue weighted by atomic mass is 9.69. The lowest BCUT2D eigenvalue weighted by Crippen LogP contribution is -2.48. The molecule has 3 heterocycles. The molecule has 14 heavy (non-hydrogen) atoms. The molecule has 0 aromatic rings. The minimum atomic E-state index is 0.794. The van der Waals surface area contributed by atoms with Crippen molar-refractivity contribution in [1.29, 1.82) is 0 Å². The van der Waals surface area contributed by atoms with Gasteiger partial charge in [0.05, 0.1) is 0 Å². The number of hydrogen-bond acceptors (Lipinski definition) is 1. The SMILES string of the molecule is CCCCCCC12CCN(CC1)CC2. The number of fused-ring (bicyclic) bond motifs is 3. The first-order chi connectivity index (χ1) is 6.85. The average Bonchev–Trinajstić information content (AvgIpc) is 2.27. The lowest BCUT2D eigenvalue weighted by molar-refractivity contribution is 0.0180. The van der Waals surface area contributed by atoms with Crippen molar-refractivity contribution in [2.75, 3.05) is 19.6 Å². The van der Waals surface area contributed by atoms with E-state index >= 15 is 0 Å². The summed E-state index contributed by atoms with van der Waals surface area (Å²) in [5.74, 6) is 0. The van der Waals surface area contributed by atoms with Crippen LogP contribution in [0.25, 0.3) is 0 Å². The Labute approximate surface area is 88.9 Å². The molecule has 0 radical (unpaired) electrons. The van der Waals surface area contributed by atoms with Gasteiger partial charge < -0.3 is 4.90 Å². The first kappa shape index (κ1) is 10.5. The van der Waals surface area contributed by atoms with E-state index in [1.807, 2.05) is 0 Å². The second-order valence-electron chi connectivity index (χ2n) is 5.40. The molecule has 0 spiro atoms. The van der Waals surface area contributed by atoms with Crippen LogP contribution in [0.15, 0.2) is 0 Å². The third-order valence-electron chi connectivity index (χ3n) is 4.44. The molecule has 0 aromatic heterocycles. The molecule has 82 valence electrons. The highest BCUT2D eigenvalue weighted by Crippen LogP contribution is 2.43. The van der Waals surface area contributed by atoms with Gasteiger partial charge in [0, 0.05) is 0 Å². The van der Waals surface area contributed by atoms with Crippen LogP contribution < -0.4 is 0 Å². The summed E-state index contributed by atoms with van der Waals surface area (Å²) in [4.78, 5) is 2.65. The van der Waals surface area contributed by atoms with Crippen LogP contribution in [0.4, 0.5) is 0 Å². The molecule has 3 fully saturated rings. The Kier molecular flexibility index (Phi) is 3.48. The van der Waals surface area contributed by atoms with Gasteiger partial charge in [-0.2, -0.15) is 0 Å². The number of unbranched alkanes of at least 4 members (excludes halogenated alkanes) is 3. The van der Waals surface area contributed by atoms with Crippen LogP contribution in [0.5, 0.6) is 0 Å². The van der Waals surface area contributed by atoms with Gasteiger partial charge >= 0.3 is 0 Å². The van der Waals surface area contributed by atoms with E-state index in [1.165, 1.54) is 71.0 Å². The number of piperidine rings is 3. The normalized spacial score (nSPS) is 36.2. The van der Waals surface area contributed by atoms with E-state index < -0.39 is 0 Å². The van der Waals surface area contributed by atoms with E-state index in [2.05, 4.69) is 11.8 Å². The lowest BCUT2D eigenvalue weighted by Gasteiger charge is -2.48. The zero-order chi connectivity index (χ0) is 9.86. The highest BCUT2D eigenvalue weighted by Gasteiger charge is 2.38. The summed E-state index contributed by atoms with van der Waals surface area (Å²) in [6.07, 6.45) is 11.8. The Bertz CT molecular complexity index is 154. The van der Waals surface area contributed by atoms with Crippen LogP contribution in [0.1, 0.15) is 58.3 Å². The van der Waals surface area contributed by atoms with Crippen molar-refractivity contribution in [3.05, 3.63) is 0 Å². The zero-order valence-corrected chi connectivity index (χ0v) is 9.73. The van der Waals surface area contributed by atoms with E-state index in [-0.39, 0.29) is 0 Å². The van der Waals surface area contributed by atoms with Gasteiger partial charge in [-0.1, -0.05) is 32.6 Å². The molecular weight excluding hydrogens is 170 g/mol. The van der Waals surface area contributed by atoms with Gasteiger partial charge in [-0.3, -0.25) is 0 Å². The maximum absolute atomic E-state index is 2.65. The van der Waals surface area contributed by atoms with Gasteiger partial charge in [0.15, 0.2) is 0 Å². The van der Waals surface area contributed by atoms with Crippen LogP contribution in [0.2, 0.25) is 0 Å². The van der Waals surface area contributed by atoms with E-state index in [9.17, 15) is 0 Å². The fourth-order valence-electron chi connectivity index (χ4n) is 3.20. The van der Waals surface area contributed by atoms with Crippen LogP contribution in [-0.4, -0.2) is 24.5 Å². The van der Waals surface area contributed by atoms with Gasteiger partial charge in [0.1, 0.15) is 0 Å². The van der Waals surface area contributed by atoms with E-state index in [0.29, 0.717) is 0 Å². The third-order valence-corrected chi connectivity index (χ3v) is 4.44. The molecular formula is C13H25N. The summed E-state index contributed by atoms with van der Waals surface area (Å²) in [6, 6.07) is 0. The van der Waals surface area contributed by atoms with Crippen molar-refractivity contribution in [3.63, 3.8) is 0 Å². The molecule has 0 atom stereocenters. The molecule has 0 aromatic carbocycles. The maximum atomic E-state index is 2.65. The Morgan fingerprint density at radius 1 is 0.929 bits per heavy atom. The molecule has 3 aliphatic heterocycles. The Hall–Kier alpha value is -0.0400. The average molecular weight is 195 g/mol. The van der Waals surface area contributed by atoms with Crippen molar-refractivity contribution in [1.82, 2.24) is 4.90 Å². The quantitative estimate of drug-likeness (QED) is 0.607. The number of nitrogens with zero attached hydrogens (tertiary/aromatic N) is 1. The fraction of sp³-hybridized carbons (Fsp3) is 1.00. The highest BCUT2D eigenvalue weighted by molar-refractivity contribution is 4.91. The summed E-state index contributed by atoms with van der Waals surface area (Å²) in [5, 5.41) is 0. The van der Waals surface area contributed by atoms with E-state index in [0.717, 1.165) is 5.41 Å². The maximum Gasteiger partial charge on any atom is -0.00134 e. The van der Waals surface area contributed by atoms with E-state index in [4.69, 9.17) is 0 Å². The summed E-state index contributed by atoms with van der Waals surface area (Å²) in [5.41, 5.74) is 0.794. The van der Waals surface area contributed by atoms with Crippen LogP contribution >= 0.6 is 0 Å². The second-order valence-corrected chi connectivity index (χ2v) is 5.40. The van der Waals surface area contributed by atoms with Crippen LogP contribution in [0.3, 0.4) is 0 Å². The van der Waals surface area contributed by atoms with Crippen LogP contribution in [0, 0.1) is 5.41 Å². The number of rotatable bonds is 5. The first-order valence-corrected chi connectivity index (χ1v) is 6.57. The summed E-state index contributed by atoms with van der Waals surface area (Å²) in [6.45, 7) is 6.49. The highest BCUT2D eigenvalue weighted by atomic mass is 15.1. The summed E-state index contributed by atoms with van der Waals surface area (Å²) < 4.78 is 0.